The van der Waals surface area contributed by atoms with Gasteiger partial charge in [0.1, 0.15) is 0 Å². The molecule has 108 valence electrons. The molecule has 0 radical (unpaired) electrons. The van der Waals surface area contributed by atoms with Gasteiger partial charge in [-0.15, -0.1) is 11.6 Å². The van der Waals surface area contributed by atoms with E-state index in [4.69, 9.17) is 23.2 Å². The Balaban J connectivity index is 2.11. The Hall–Kier alpha value is -1.08. The van der Waals surface area contributed by atoms with Crippen LogP contribution < -0.4 is 4.72 Å². The molecule has 0 aliphatic carbocycles. The van der Waals surface area contributed by atoms with Crippen LogP contribution in [0, 0.1) is 0 Å². The van der Waals surface area contributed by atoms with Crippen molar-refractivity contribution < 1.29 is 8.42 Å². The highest BCUT2D eigenvalue weighted by Crippen LogP contribution is 2.22. The number of hydrogen-bond donors (Lipinski definition) is 1. The fraction of sp³-hybridized carbons (Fsp3) is 0.250. The predicted molar refractivity (Wildman–Crippen MR) is 78.4 cm³/mol. The van der Waals surface area contributed by atoms with E-state index >= 15 is 0 Å². The van der Waals surface area contributed by atoms with Gasteiger partial charge in [-0.05, 0) is 5.56 Å². The highest BCUT2D eigenvalue weighted by molar-refractivity contribution is 7.89. The van der Waals surface area contributed by atoms with E-state index in [0.29, 0.717) is 0 Å². The minimum atomic E-state index is -3.75. The molecule has 1 aromatic heterocycles. The van der Waals surface area contributed by atoms with Gasteiger partial charge in [0.15, 0.2) is 5.03 Å². The third-order valence-electron chi connectivity index (χ3n) is 2.71. The molecular formula is C12H13Cl2N3O2S. The van der Waals surface area contributed by atoms with E-state index in [-0.39, 0.29) is 16.6 Å². The minimum absolute atomic E-state index is 0.0649. The van der Waals surface area contributed by atoms with Crippen LogP contribution >= 0.6 is 23.2 Å². The molecule has 0 saturated carbocycles. The van der Waals surface area contributed by atoms with Gasteiger partial charge in [-0.3, -0.25) is 4.68 Å². The number of rotatable bonds is 5. The van der Waals surface area contributed by atoms with E-state index in [1.54, 1.807) is 0 Å². The van der Waals surface area contributed by atoms with Gasteiger partial charge in [-0.2, -0.15) is 5.10 Å². The van der Waals surface area contributed by atoms with Crippen LogP contribution in [0.3, 0.4) is 0 Å². The van der Waals surface area contributed by atoms with Gasteiger partial charge < -0.3 is 0 Å². The molecule has 0 bridgehead atoms. The van der Waals surface area contributed by atoms with Crippen molar-refractivity contribution in [2.75, 3.05) is 6.54 Å². The second-order valence-corrected chi connectivity index (χ2v) is 6.77. The molecule has 0 spiro atoms. The zero-order valence-electron chi connectivity index (χ0n) is 10.6. The first kappa shape index (κ1) is 15.3. The van der Waals surface area contributed by atoms with Gasteiger partial charge in [-0.1, -0.05) is 41.9 Å². The first-order valence-corrected chi connectivity index (χ1v) is 8.08. The summed E-state index contributed by atoms with van der Waals surface area (Å²) in [6.45, 7) is 0.0649. The molecule has 0 saturated heterocycles. The Kier molecular flexibility index (Phi) is 4.70. The lowest BCUT2D eigenvalue weighted by atomic mass is 10.1. The van der Waals surface area contributed by atoms with Crippen molar-refractivity contribution in [2.24, 2.45) is 7.05 Å². The Morgan fingerprint density at radius 2 is 2.00 bits per heavy atom. The minimum Gasteiger partial charge on any atom is -0.255 e. The second-order valence-electron chi connectivity index (χ2n) is 4.15. The molecule has 0 amide bonds. The number of hydrogen-bond acceptors (Lipinski definition) is 3. The maximum atomic E-state index is 12.2. The molecule has 1 unspecified atom stereocenters. The molecule has 5 nitrogen and oxygen atoms in total. The number of sulfonamides is 1. The van der Waals surface area contributed by atoms with Gasteiger partial charge in [0, 0.05) is 13.6 Å². The van der Waals surface area contributed by atoms with E-state index in [1.807, 2.05) is 30.3 Å². The molecule has 2 aromatic rings. The number of alkyl halides is 1. The molecule has 1 heterocycles. The summed E-state index contributed by atoms with van der Waals surface area (Å²) in [5, 5.41) is 3.34. The van der Waals surface area contributed by atoms with Crippen LogP contribution in [0.5, 0.6) is 0 Å². The van der Waals surface area contributed by atoms with Crippen LogP contribution in [0.15, 0.2) is 41.6 Å². The van der Waals surface area contributed by atoms with Gasteiger partial charge in [0.25, 0.3) is 10.0 Å². The number of benzene rings is 1. The highest BCUT2D eigenvalue weighted by atomic mass is 35.5. The van der Waals surface area contributed by atoms with Gasteiger partial charge in [0.2, 0.25) is 0 Å². The van der Waals surface area contributed by atoms with Crippen LogP contribution in [0.1, 0.15) is 10.9 Å². The number of nitrogens with zero attached hydrogens (tertiary/aromatic N) is 2. The maximum Gasteiger partial charge on any atom is 0.259 e. The first-order chi connectivity index (χ1) is 9.42. The fourth-order valence-electron chi connectivity index (χ4n) is 1.73. The summed E-state index contributed by atoms with van der Waals surface area (Å²) >= 11 is 12.0. The molecule has 0 aliphatic rings. The van der Waals surface area contributed by atoms with Crippen LogP contribution in [0.25, 0.3) is 0 Å². The zero-order valence-corrected chi connectivity index (χ0v) is 13.0. The van der Waals surface area contributed by atoms with Gasteiger partial charge in [0.05, 0.1) is 16.6 Å². The van der Waals surface area contributed by atoms with Gasteiger partial charge in [-0.25, -0.2) is 13.1 Å². The van der Waals surface area contributed by atoms with E-state index in [2.05, 4.69) is 9.82 Å². The molecule has 8 heteroatoms. The molecule has 1 atom stereocenters. The molecular weight excluding hydrogens is 321 g/mol. The van der Waals surface area contributed by atoms with Crippen molar-refractivity contribution >= 4 is 33.2 Å². The normalized spacial score (nSPS) is 13.3. The molecule has 20 heavy (non-hydrogen) atoms. The van der Waals surface area contributed by atoms with Crippen molar-refractivity contribution in [1.29, 1.82) is 0 Å². The van der Waals surface area contributed by atoms with Crippen LogP contribution in [-0.4, -0.2) is 24.7 Å². The lowest BCUT2D eigenvalue weighted by molar-refractivity contribution is 0.562. The monoisotopic (exact) mass is 333 g/mol. The van der Waals surface area contributed by atoms with E-state index in [1.165, 1.54) is 17.9 Å². The number of nitrogens with one attached hydrogen (secondary N) is 1. The third kappa shape index (κ3) is 3.32. The molecule has 1 aromatic carbocycles. The first-order valence-electron chi connectivity index (χ1n) is 5.78. The molecule has 0 fully saturated rings. The largest absolute Gasteiger partial charge is 0.259 e. The van der Waals surface area contributed by atoms with Crippen molar-refractivity contribution in [3.63, 3.8) is 0 Å². The lowest BCUT2D eigenvalue weighted by Crippen LogP contribution is -2.29. The Labute approximate surface area is 127 Å². The van der Waals surface area contributed by atoms with Crippen LogP contribution in [-0.2, 0) is 17.1 Å². The molecule has 0 aliphatic heterocycles. The summed E-state index contributed by atoms with van der Waals surface area (Å²) in [6.07, 6.45) is 1.28. The summed E-state index contributed by atoms with van der Waals surface area (Å²) in [6, 6.07) is 9.23. The number of aryl methyl sites for hydroxylation is 1. The standard InChI is InChI=1S/C12H13Cl2N3O2S/c1-17-12(11(14)7-15-17)20(18,19)16-8-10(13)9-5-3-2-4-6-9/h2-7,10,16H,8H2,1H3. The summed E-state index contributed by atoms with van der Waals surface area (Å²) in [5.41, 5.74) is 0.841. The Morgan fingerprint density at radius 1 is 1.35 bits per heavy atom. The second kappa shape index (κ2) is 6.13. The fourth-order valence-corrected chi connectivity index (χ4v) is 3.74. The van der Waals surface area contributed by atoms with Crippen molar-refractivity contribution in [2.45, 2.75) is 10.4 Å². The Morgan fingerprint density at radius 3 is 2.55 bits per heavy atom. The van der Waals surface area contributed by atoms with Crippen LogP contribution in [0.4, 0.5) is 0 Å². The van der Waals surface area contributed by atoms with Crippen molar-refractivity contribution in [3.05, 3.63) is 47.1 Å². The average Bonchev–Trinajstić information content (AvgIpc) is 2.77. The van der Waals surface area contributed by atoms with E-state index in [9.17, 15) is 8.42 Å². The van der Waals surface area contributed by atoms with Crippen molar-refractivity contribution in [1.82, 2.24) is 14.5 Å². The van der Waals surface area contributed by atoms with Crippen molar-refractivity contribution in [3.8, 4) is 0 Å². The molecule has 1 N–H and O–H groups in total. The topological polar surface area (TPSA) is 64.0 Å². The summed E-state index contributed by atoms with van der Waals surface area (Å²) < 4.78 is 28.0. The SMILES string of the molecule is Cn1ncc(Cl)c1S(=O)(=O)NCC(Cl)c1ccccc1. The quantitative estimate of drug-likeness (QED) is 0.854. The smallest absolute Gasteiger partial charge is 0.255 e. The number of halogens is 2. The number of aromatic nitrogens is 2. The Bertz CT molecular complexity index is 666. The lowest BCUT2D eigenvalue weighted by Gasteiger charge is -2.12. The third-order valence-corrected chi connectivity index (χ3v) is 5.05. The van der Waals surface area contributed by atoms with Crippen LogP contribution in [0.2, 0.25) is 5.02 Å². The van der Waals surface area contributed by atoms with E-state index < -0.39 is 15.4 Å². The van der Waals surface area contributed by atoms with E-state index in [0.717, 1.165) is 5.56 Å². The maximum absolute atomic E-state index is 12.2. The van der Waals surface area contributed by atoms with Gasteiger partial charge >= 0.3 is 0 Å². The summed E-state index contributed by atoms with van der Waals surface area (Å²) in [5.74, 6) is 0. The molecule has 2 rings (SSSR count). The summed E-state index contributed by atoms with van der Waals surface area (Å²) in [4.78, 5) is 0. The predicted octanol–water partition coefficient (Wildman–Crippen LogP) is 2.33. The zero-order chi connectivity index (χ0) is 14.8. The summed E-state index contributed by atoms with van der Waals surface area (Å²) in [7, 11) is -2.24. The highest BCUT2D eigenvalue weighted by Gasteiger charge is 2.23. The average molecular weight is 334 g/mol.